The predicted molar refractivity (Wildman–Crippen MR) is 82.8 cm³/mol. The number of hydrogen-bond acceptors (Lipinski definition) is 11. The molecule has 0 aromatic carbocycles. The fourth-order valence-corrected chi connectivity index (χ4v) is 2.42. The van der Waals surface area contributed by atoms with Crippen molar-refractivity contribution in [3.8, 4) is 6.01 Å². The van der Waals surface area contributed by atoms with Crippen LogP contribution in [0.5, 0.6) is 6.01 Å². The molecule has 1 aromatic heterocycles. The maximum atomic E-state index is 12.3. The fraction of sp³-hybridized carbons (Fsp3) is 0.615. The number of methoxy groups -OCH3 is 1. The second kappa shape index (κ2) is 7.76. The molecule has 2 rings (SSSR count). The van der Waals surface area contributed by atoms with Gasteiger partial charge in [0.1, 0.15) is 35.8 Å². The van der Waals surface area contributed by atoms with Crippen LogP contribution in [-0.2, 0) is 11.8 Å². The Labute approximate surface area is 141 Å². The molecule has 1 aliphatic rings. The highest BCUT2D eigenvalue weighted by atomic mass is 16.6. The van der Waals surface area contributed by atoms with Gasteiger partial charge in [-0.1, -0.05) is 5.16 Å². The molecule has 0 bridgehead atoms. The first kappa shape index (κ1) is 19.1. The van der Waals surface area contributed by atoms with Crippen molar-refractivity contribution in [3.05, 3.63) is 15.9 Å². The maximum absolute atomic E-state index is 12.3. The van der Waals surface area contributed by atoms with Crippen LogP contribution < -0.4 is 15.6 Å². The normalized spacial score (nSPS) is 29.8. The van der Waals surface area contributed by atoms with Gasteiger partial charge in [0.05, 0.1) is 19.9 Å². The zero-order chi connectivity index (χ0) is 18.7. The van der Waals surface area contributed by atoms with Crippen LogP contribution in [0.25, 0.3) is 0 Å². The molecular formula is C13H20N4O8. The Kier molecular flexibility index (Phi) is 5.92. The fourth-order valence-electron chi connectivity index (χ4n) is 2.42. The minimum atomic E-state index is -1.60. The van der Waals surface area contributed by atoms with E-state index in [1.54, 1.807) is 0 Å². The summed E-state index contributed by atoms with van der Waals surface area (Å²) >= 11 is 0. The average Bonchev–Trinajstić information content (AvgIpc) is 2.61. The molecule has 1 aromatic rings. The third-order valence-electron chi connectivity index (χ3n) is 3.83. The first-order valence-corrected chi connectivity index (χ1v) is 7.25. The number of nitrogens with one attached hydrogen (secondary N) is 1. The number of aliphatic hydroxyl groups excluding tert-OH is 4. The van der Waals surface area contributed by atoms with Gasteiger partial charge in [-0.2, -0.15) is 4.98 Å². The maximum Gasteiger partial charge on any atom is 0.300 e. The summed E-state index contributed by atoms with van der Waals surface area (Å²) in [5.74, 6) is -0.151. The Hall–Kier alpha value is -2.25. The van der Waals surface area contributed by atoms with E-state index in [1.807, 2.05) is 0 Å². The molecule has 0 spiro atoms. The van der Waals surface area contributed by atoms with Gasteiger partial charge in [-0.3, -0.25) is 9.36 Å². The first-order valence-electron chi connectivity index (χ1n) is 7.25. The molecule has 1 fully saturated rings. The van der Waals surface area contributed by atoms with Gasteiger partial charge in [-0.05, 0) is 0 Å². The van der Waals surface area contributed by atoms with Gasteiger partial charge in [0.15, 0.2) is 6.23 Å². The number of hydrogen-bond donors (Lipinski definition) is 6. The van der Waals surface area contributed by atoms with Crippen LogP contribution in [0.15, 0.2) is 9.95 Å². The Morgan fingerprint density at radius 2 is 2.04 bits per heavy atom. The van der Waals surface area contributed by atoms with Crippen LogP contribution >= 0.6 is 0 Å². The predicted octanol–water partition coefficient (Wildman–Crippen LogP) is -3.19. The lowest BCUT2D eigenvalue weighted by Crippen LogP contribution is -2.60. The molecule has 12 nitrogen and oxygen atoms in total. The van der Waals surface area contributed by atoms with Crippen LogP contribution in [0.3, 0.4) is 0 Å². The highest BCUT2D eigenvalue weighted by molar-refractivity contribution is 5.85. The summed E-state index contributed by atoms with van der Waals surface area (Å²) < 4.78 is 11.3. The molecule has 1 aliphatic heterocycles. The Morgan fingerprint density at radius 1 is 1.36 bits per heavy atom. The number of oxime groups is 1. The Balaban J connectivity index is 2.41. The largest absolute Gasteiger partial charge is 0.468 e. The number of nitrogens with zero attached hydrogens (tertiary/aromatic N) is 3. The van der Waals surface area contributed by atoms with E-state index < -0.39 is 42.8 Å². The summed E-state index contributed by atoms with van der Waals surface area (Å²) in [4.78, 5) is 16.3. The quantitative estimate of drug-likeness (QED) is 0.178. The van der Waals surface area contributed by atoms with Gasteiger partial charge in [-0.15, -0.1) is 0 Å². The first-order chi connectivity index (χ1) is 11.8. The zero-order valence-electron chi connectivity index (χ0n) is 13.5. The van der Waals surface area contributed by atoms with Crippen LogP contribution in [0.4, 0.5) is 5.82 Å². The molecule has 140 valence electrons. The molecule has 1 saturated heterocycles. The van der Waals surface area contributed by atoms with Gasteiger partial charge in [0.2, 0.25) is 0 Å². The summed E-state index contributed by atoms with van der Waals surface area (Å²) in [7, 11) is 2.68. The van der Waals surface area contributed by atoms with Crippen LogP contribution in [0.2, 0.25) is 0 Å². The number of anilines is 1. The third-order valence-corrected chi connectivity index (χ3v) is 3.83. The Bertz CT molecular complexity index is 691. The summed E-state index contributed by atoms with van der Waals surface area (Å²) in [6.07, 6.45) is -6.34. The van der Waals surface area contributed by atoms with Crippen molar-refractivity contribution in [3.63, 3.8) is 0 Å². The van der Waals surface area contributed by atoms with Crippen LogP contribution in [0, 0.1) is 0 Å². The number of ether oxygens (including phenoxy) is 2. The molecule has 0 unspecified atom stereocenters. The topological polar surface area (TPSA) is 179 Å². The lowest BCUT2D eigenvalue weighted by Gasteiger charge is -2.40. The molecule has 6 N–H and O–H groups in total. The van der Waals surface area contributed by atoms with Crippen molar-refractivity contribution in [2.45, 2.75) is 30.6 Å². The zero-order valence-corrected chi connectivity index (χ0v) is 13.5. The average molecular weight is 360 g/mol. The Morgan fingerprint density at radius 3 is 2.60 bits per heavy atom. The van der Waals surface area contributed by atoms with E-state index in [-0.39, 0.29) is 17.4 Å². The van der Waals surface area contributed by atoms with Crippen molar-refractivity contribution in [2.75, 3.05) is 19.0 Å². The molecule has 2 heterocycles. The van der Waals surface area contributed by atoms with Crippen molar-refractivity contribution < 1.29 is 35.1 Å². The third kappa shape index (κ3) is 3.57. The molecule has 0 radical (unpaired) electrons. The van der Waals surface area contributed by atoms with Crippen molar-refractivity contribution >= 4 is 12.0 Å². The second-order valence-electron chi connectivity index (χ2n) is 5.36. The minimum Gasteiger partial charge on any atom is -0.468 e. The van der Waals surface area contributed by atoms with E-state index in [9.17, 15) is 25.2 Å². The van der Waals surface area contributed by atoms with Gasteiger partial charge in [0, 0.05) is 7.05 Å². The molecule has 0 aliphatic carbocycles. The SMILES string of the molecule is COc1nc(N[C@@H]2O[C@@H](CO)[C@@H](O)[C@@H](O)[C@H]2O)c(/C=N/O)c(=O)n1C. The molecule has 0 amide bonds. The number of aromatic nitrogens is 2. The smallest absolute Gasteiger partial charge is 0.300 e. The van der Waals surface area contributed by atoms with E-state index in [4.69, 9.17) is 14.7 Å². The van der Waals surface area contributed by atoms with Crippen LogP contribution in [0.1, 0.15) is 5.56 Å². The molecular weight excluding hydrogens is 340 g/mol. The summed E-state index contributed by atoms with van der Waals surface area (Å²) in [6.45, 7) is -0.610. The van der Waals surface area contributed by atoms with E-state index in [2.05, 4.69) is 15.5 Å². The van der Waals surface area contributed by atoms with Gasteiger partial charge < -0.3 is 40.4 Å². The van der Waals surface area contributed by atoms with Crippen molar-refractivity contribution in [2.24, 2.45) is 12.2 Å². The lowest BCUT2D eigenvalue weighted by molar-refractivity contribution is -0.221. The van der Waals surface area contributed by atoms with Gasteiger partial charge in [-0.25, -0.2) is 0 Å². The molecule has 25 heavy (non-hydrogen) atoms. The molecule has 12 heteroatoms. The summed E-state index contributed by atoms with van der Waals surface area (Å²) in [6, 6.07) is -0.0767. The van der Waals surface area contributed by atoms with E-state index >= 15 is 0 Å². The van der Waals surface area contributed by atoms with Gasteiger partial charge >= 0.3 is 6.01 Å². The lowest BCUT2D eigenvalue weighted by atomic mass is 9.98. The van der Waals surface area contributed by atoms with E-state index in [1.165, 1.54) is 14.2 Å². The molecule has 5 atom stereocenters. The van der Waals surface area contributed by atoms with Crippen molar-refractivity contribution in [1.29, 1.82) is 0 Å². The van der Waals surface area contributed by atoms with Crippen LogP contribution in [-0.4, -0.2) is 85.8 Å². The van der Waals surface area contributed by atoms with Crippen molar-refractivity contribution in [1.82, 2.24) is 9.55 Å². The molecule has 0 saturated carbocycles. The standard InChI is InChI=1S/C13H20N4O8/c1-17-12(22)5(3-14-23)10(16-13(17)24-2)15-11-9(21)8(20)7(19)6(4-18)25-11/h3,6-9,11,15,18-21,23H,4H2,1-2H3/b14-3+/t6-,7+,8+,9+,11+/m0/s1. The second-order valence-corrected chi connectivity index (χ2v) is 5.36. The highest BCUT2D eigenvalue weighted by Crippen LogP contribution is 2.23. The monoisotopic (exact) mass is 360 g/mol. The highest BCUT2D eigenvalue weighted by Gasteiger charge is 2.43. The number of rotatable bonds is 5. The van der Waals surface area contributed by atoms with E-state index in [0.717, 1.165) is 10.8 Å². The minimum absolute atomic E-state index is 0.0767. The summed E-state index contributed by atoms with van der Waals surface area (Å²) in [5, 5.41) is 53.0. The van der Waals surface area contributed by atoms with E-state index in [0.29, 0.717) is 0 Å². The summed E-state index contributed by atoms with van der Waals surface area (Å²) in [5.41, 5.74) is -0.778. The number of aliphatic hydroxyl groups is 4. The van der Waals surface area contributed by atoms with Gasteiger partial charge in [0.25, 0.3) is 5.56 Å².